The van der Waals surface area contributed by atoms with E-state index in [1.807, 2.05) is 42.5 Å². The highest BCUT2D eigenvalue weighted by molar-refractivity contribution is 6.04. The van der Waals surface area contributed by atoms with Gasteiger partial charge in [0, 0.05) is 23.4 Å². The Balaban J connectivity index is 1.48. The third kappa shape index (κ3) is 6.82. The van der Waals surface area contributed by atoms with Gasteiger partial charge in [0.25, 0.3) is 5.91 Å². The maximum Gasteiger partial charge on any atom is 0.255 e. The van der Waals surface area contributed by atoms with E-state index in [0.717, 1.165) is 18.5 Å². The smallest absolute Gasteiger partial charge is 0.255 e. The predicted molar refractivity (Wildman–Crippen MR) is 128 cm³/mol. The SMILES string of the molecule is CC(C)(C)c1ccc(C(=O)Nc2ccc(NC(=O)CCCc3ccccc3)cc2)cc1. The summed E-state index contributed by atoms with van der Waals surface area (Å²) in [7, 11) is 0. The first-order valence-electron chi connectivity index (χ1n) is 10.7. The van der Waals surface area contributed by atoms with Gasteiger partial charge in [-0.25, -0.2) is 0 Å². The van der Waals surface area contributed by atoms with Crippen molar-refractivity contribution >= 4 is 23.2 Å². The highest BCUT2D eigenvalue weighted by Gasteiger charge is 2.14. The molecule has 4 heteroatoms. The molecule has 0 atom stereocenters. The molecular formula is C27H30N2O2. The normalized spacial score (nSPS) is 11.1. The Morgan fingerprint density at radius 3 is 1.90 bits per heavy atom. The highest BCUT2D eigenvalue weighted by atomic mass is 16.2. The molecule has 0 bridgehead atoms. The van der Waals surface area contributed by atoms with Crippen LogP contribution in [0.1, 0.15) is 55.1 Å². The summed E-state index contributed by atoms with van der Waals surface area (Å²) < 4.78 is 0. The lowest BCUT2D eigenvalue weighted by Gasteiger charge is -2.19. The minimum atomic E-state index is -0.154. The molecule has 31 heavy (non-hydrogen) atoms. The fourth-order valence-electron chi connectivity index (χ4n) is 3.28. The molecule has 0 fully saturated rings. The average molecular weight is 415 g/mol. The van der Waals surface area contributed by atoms with Crippen molar-refractivity contribution in [3.63, 3.8) is 0 Å². The van der Waals surface area contributed by atoms with Crippen molar-refractivity contribution in [2.45, 2.75) is 45.4 Å². The lowest BCUT2D eigenvalue weighted by atomic mass is 9.87. The van der Waals surface area contributed by atoms with Crippen LogP contribution in [0.25, 0.3) is 0 Å². The Bertz CT molecular complexity index is 1000. The summed E-state index contributed by atoms with van der Waals surface area (Å²) in [5.41, 5.74) is 4.50. The van der Waals surface area contributed by atoms with Crippen LogP contribution in [0.2, 0.25) is 0 Å². The molecule has 0 aromatic heterocycles. The van der Waals surface area contributed by atoms with E-state index in [2.05, 4.69) is 43.5 Å². The molecule has 0 saturated heterocycles. The molecule has 0 spiro atoms. The van der Waals surface area contributed by atoms with E-state index in [9.17, 15) is 9.59 Å². The topological polar surface area (TPSA) is 58.2 Å². The van der Waals surface area contributed by atoms with Crippen molar-refractivity contribution in [3.8, 4) is 0 Å². The first kappa shape index (κ1) is 22.3. The third-order valence-electron chi connectivity index (χ3n) is 5.15. The second kappa shape index (κ2) is 10.1. The summed E-state index contributed by atoms with van der Waals surface area (Å²) in [5.74, 6) is -0.162. The number of carbonyl (C=O) groups excluding carboxylic acids is 2. The molecule has 0 heterocycles. The van der Waals surface area contributed by atoms with Crippen LogP contribution in [0.3, 0.4) is 0 Å². The van der Waals surface area contributed by atoms with Gasteiger partial charge in [-0.2, -0.15) is 0 Å². The van der Waals surface area contributed by atoms with E-state index >= 15 is 0 Å². The van der Waals surface area contributed by atoms with E-state index in [-0.39, 0.29) is 17.2 Å². The van der Waals surface area contributed by atoms with Crippen LogP contribution in [0.4, 0.5) is 11.4 Å². The number of nitrogens with one attached hydrogen (secondary N) is 2. The van der Waals surface area contributed by atoms with Gasteiger partial charge in [-0.1, -0.05) is 63.2 Å². The van der Waals surface area contributed by atoms with E-state index in [0.29, 0.717) is 17.7 Å². The van der Waals surface area contributed by atoms with E-state index in [1.165, 1.54) is 11.1 Å². The molecule has 3 aromatic carbocycles. The van der Waals surface area contributed by atoms with Gasteiger partial charge >= 0.3 is 0 Å². The van der Waals surface area contributed by atoms with Crippen molar-refractivity contribution in [2.75, 3.05) is 10.6 Å². The minimum absolute atomic E-state index is 0.00773. The number of anilines is 2. The van der Waals surface area contributed by atoms with Gasteiger partial charge in [0.05, 0.1) is 0 Å². The Morgan fingerprint density at radius 2 is 1.32 bits per heavy atom. The van der Waals surface area contributed by atoms with Gasteiger partial charge in [0.15, 0.2) is 0 Å². The number of benzene rings is 3. The molecule has 0 aliphatic heterocycles. The zero-order chi connectivity index (χ0) is 22.3. The summed E-state index contributed by atoms with van der Waals surface area (Å²) in [4.78, 5) is 24.7. The van der Waals surface area contributed by atoms with Gasteiger partial charge in [-0.15, -0.1) is 0 Å². The van der Waals surface area contributed by atoms with Gasteiger partial charge < -0.3 is 10.6 Å². The zero-order valence-corrected chi connectivity index (χ0v) is 18.4. The zero-order valence-electron chi connectivity index (χ0n) is 18.4. The minimum Gasteiger partial charge on any atom is -0.326 e. The van der Waals surface area contributed by atoms with Crippen LogP contribution in [0, 0.1) is 0 Å². The molecule has 0 saturated carbocycles. The summed E-state index contributed by atoms with van der Waals surface area (Å²) in [5, 5.41) is 5.81. The Morgan fingerprint density at radius 1 is 0.742 bits per heavy atom. The molecule has 0 radical (unpaired) electrons. The number of amides is 2. The Hall–Kier alpha value is -3.40. The van der Waals surface area contributed by atoms with Gasteiger partial charge in [-0.3, -0.25) is 9.59 Å². The summed E-state index contributed by atoms with van der Waals surface area (Å²) in [6.45, 7) is 6.43. The fraction of sp³-hybridized carbons (Fsp3) is 0.259. The number of hydrogen-bond donors (Lipinski definition) is 2. The molecule has 160 valence electrons. The highest BCUT2D eigenvalue weighted by Crippen LogP contribution is 2.22. The molecule has 3 aromatic rings. The quantitative estimate of drug-likeness (QED) is 0.484. The van der Waals surface area contributed by atoms with E-state index < -0.39 is 0 Å². The largest absolute Gasteiger partial charge is 0.326 e. The van der Waals surface area contributed by atoms with Crippen LogP contribution in [0.5, 0.6) is 0 Å². The van der Waals surface area contributed by atoms with Crippen molar-refractivity contribution < 1.29 is 9.59 Å². The fourth-order valence-corrected chi connectivity index (χ4v) is 3.28. The lowest BCUT2D eigenvalue weighted by Crippen LogP contribution is -2.14. The van der Waals surface area contributed by atoms with Crippen LogP contribution >= 0.6 is 0 Å². The maximum atomic E-state index is 12.5. The number of hydrogen-bond acceptors (Lipinski definition) is 2. The molecule has 0 aliphatic carbocycles. The molecule has 0 aliphatic rings. The second-order valence-corrected chi connectivity index (χ2v) is 8.75. The first-order chi connectivity index (χ1) is 14.8. The first-order valence-corrected chi connectivity index (χ1v) is 10.7. The third-order valence-corrected chi connectivity index (χ3v) is 5.15. The van der Waals surface area contributed by atoms with E-state index in [1.54, 1.807) is 24.3 Å². The molecule has 2 amide bonds. The molecule has 0 unspecified atom stereocenters. The molecule has 3 rings (SSSR count). The van der Waals surface area contributed by atoms with Crippen molar-refractivity contribution in [1.82, 2.24) is 0 Å². The van der Waals surface area contributed by atoms with Gasteiger partial charge in [0.2, 0.25) is 5.91 Å². The number of aryl methyl sites for hydroxylation is 1. The second-order valence-electron chi connectivity index (χ2n) is 8.75. The Kier molecular flexibility index (Phi) is 7.24. The van der Waals surface area contributed by atoms with E-state index in [4.69, 9.17) is 0 Å². The summed E-state index contributed by atoms with van der Waals surface area (Å²) >= 11 is 0. The molecule has 4 nitrogen and oxygen atoms in total. The van der Waals surface area contributed by atoms with Crippen LogP contribution < -0.4 is 10.6 Å². The molecule has 2 N–H and O–H groups in total. The Labute approximate surface area is 184 Å². The average Bonchev–Trinajstić information content (AvgIpc) is 2.75. The van der Waals surface area contributed by atoms with Crippen molar-refractivity contribution in [3.05, 3.63) is 95.6 Å². The van der Waals surface area contributed by atoms with Gasteiger partial charge in [-0.05, 0) is 65.8 Å². The number of carbonyl (C=O) groups is 2. The maximum absolute atomic E-state index is 12.5. The molecular weight excluding hydrogens is 384 g/mol. The van der Waals surface area contributed by atoms with Crippen LogP contribution in [0.15, 0.2) is 78.9 Å². The van der Waals surface area contributed by atoms with Crippen LogP contribution in [-0.4, -0.2) is 11.8 Å². The van der Waals surface area contributed by atoms with Crippen molar-refractivity contribution in [2.24, 2.45) is 0 Å². The lowest BCUT2D eigenvalue weighted by molar-refractivity contribution is -0.116. The van der Waals surface area contributed by atoms with Crippen molar-refractivity contribution in [1.29, 1.82) is 0 Å². The summed E-state index contributed by atoms with van der Waals surface area (Å²) in [6.07, 6.45) is 2.16. The summed E-state index contributed by atoms with van der Waals surface area (Å²) in [6, 6.07) is 25.0. The standard InChI is InChI=1S/C27H30N2O2/c1-27(2,3)22-14-12-21(13-15-22)26(31)29-24-18-16-23(17-19-24)28-25(30)11-7-10-20-8-5-4-6-9-20/h4-6,8-9,12-19H,7,10-11H2,1-3H3,(H,28,30)(H,29,31). The van der Waals surface area contributed by atoms with Gasteiger partial charge in [0.1, 0.15) is 0 Å². The van der Waals surface area contributed by atoms with Crippen LogP contribution in [-0.2, 0) is 16.6 Å². The predicted octanol–water partition coefficient (Wildman–Crippen LogP) is 6.20. The number of rotatable bonds is 7. The monoisotopic (exact) mass is 414 g/mol.